The number of rotatable bonds is 5. The molecule has 2 rings (SSSR count). The SMILES string of the molecule is CNC(=O)c1ccc(S(=O)(=O)N[C@@H](C)C2CC2)cc1. The van der Waals surface area contributed by atoms with Crippen molar-refractivity contribution in [2.75, 3.05) is 7.05 Å². The van der Waals surface area contributed by atoms with Gasteiger partial charge in [-0.1, -0.05) is 0 Å². The molecule has 0 unspecified atom stereocenters. The Morgan fingerprint density at radius 3 is 2.32 bits per heavy atom. The van der Waals surface area contributed by atoms with Crippen molar-refractivity contribution in [2.24, 2.45) is 5.92 Å². The second kappa shape index (κ2) is 5.30. The maximum absolute atomic E-state index is 12.1. The highest BCUT2D eigenvalue weighted by molar-refractivity contribution is 7.89. The summed E-state index contributed by atoms with van der Waals surface area (Å²) in [6.45, 7) is 1.88. The molecule has 0 aliphatic heterocycles. The van der Waals surface area contributed by atoms with E-state index in [0.717, 1.165) is 12.8 Å². The van der Waals surface area contributed by atoms with E-state index in [1.165, 1.54) is 31.3 Å². The number of amides is 1. The van der Waals surface area contributed by atoms with Crippen LogP contribution in [0.15, 0.2) is 29.2 Å². The van der Waals surface area contributed by atoms with Gasteiger partial charge in [-0.2, -0.15) is 0 Å². The Labute approximate surface area is 113 Å². The second-order valence-electron chi connectivity index (χ2n) is 4.85. The zero-order valence-corrected chi connectivity index (χ0v) is 11.8. The lowest BCUT2D eigenvalue weighted by molar-refractivity contribution is 0.0963. The molecule has 1 aliphatic rings. The first-order valence-electron chi connectivity index (χ1n) is 6.28. The zero-order chi connectivity index (χ0) is 14.0. The van der Waals surface area contributed by atoms with Gasteiger partial charge in [0.2, 0.25) is 10.0 Å². The molecule has 1 amide bonds. The van der Waals surface area contributed by atoms with Gasteiger partial charge in [-0.05, 0) is 49.9 Å². The molecule has 19 heavy (non-hydrogen) atoms. The molecule has 0 saturated heterocycles. The maximum atomic E-state index is 12.1. The topological polar surface area (TPSA) is 75.3 Å². The van der Waals surface area contributed by atoms with Crippen LogP contribution in [0.1, 0.15) is 30.1 Å². The van der Waals surface area contributed by atoms with Gasteiger partial charge in [-0.15, -0.1) is 0 Å². The highest BCUT2D eigenvalue weighted by Crippen LogP contribution is 2.33. The van der Waals surface area contributed by atoms with E-state index in [0.29, 0.717) is 11.5 Å². The van der Waals surface area contributed by atoms with Crippen molar-refractivity contribution in [3.63, 3.8) is 0 Å². The molecule has 1 aromatic carbocycles. The first-order valence-corrected chi connectivity index (χ1v) is 7.77. The van der Waals surface area contributed by atoms with E-state index in [4.69, 9.17) is 0 Å². The minimum atomic E-state index is -3.50. The predicted octanol–water partition coefficient (Wildman–Crippen LogP) is 1.12. The van der Waals surface area contributed by atoms with Gasteiger partial charge in [0, 0.05) is 18.7 Å². The van der Waals surface area contributed by atoms with Gasteiger partial charge in [-0.3, -0.25) is 4.79 Å². The summed E-state index contributed by atoms with van der Waals surface area (Å²) in [5.41, 5.74) is 0.441. The van der Waals surface area contributed by atoms with Crippen molar-refractivity contribution in [3.8, 4) is 0 Å². The summed E-state index contributed by atoms with van der Waals surface area (Å²) in [5.74, 6) is 0.225. The molecule has 0 spiro atoms. The number of hydrogen-bond donors (Lipinski definition) is 2. The van der Waals surface area contributed by atoms with Crippen LogP contribution in [-0.2, 0) is 10.0 Å². The molecule has 5 nitrogen and oxygen atoms in total. The molecule has 1 aromatic rings. The molecule has 1 aliphatic carbocycles. The summed E-state index contributed by atoms with van der Waals surface area (Å²) in [6.07, 6.45) is 2.17. The minimum absolute atomic E-state index is 0.0383. The molecule has 1 fully saturated rings. The predicted molar refractivity (Wildman–Crippen MR) is 72.3 cm³/mol. The summed E-state index contributed by atoms with van der Waals surface area (Å²) in [6, 6.07) is 5.88. The fraction of sp³-hybridized carbons (Fsp3) is 0.462. The van der Waals surface area contributed by atoms with E-state index in [1.807, 2.05) is 6.92 Å². The van der Waals surface area contributed by atoms with Gasteiger partial charge in [0.25, 0.3) is 5.91 Å². The largest absolute Gasteiger partial charge is 0.355 e. The van der Waals surface area contributed by atoms with E-state index < -0.39 is 10.0 Å². The maximum Gasteiger partial charge on any atom is 0.251 e. The number of sulfonamides is 1. The van der Waals surface area contributed by atoms with Crippen molar-refractivity contribution < 1.29 is 13.2 Å². The Morgan fingerprint density at radius 2 is 1.84 bits per heavy atom. The Kier molecular flexibility index (Phi) is 3.91. The van der Waals surface area contributed by atoms with Gasteiger partial charge in [0.05, 0.1) is 4.90 Å². The average Bonchev–Trinajstić information content (AvgIpc) is 3.21. The molecular weight excluding hydrogens is 264 g/mol. The van der Waals surface area contributed by atoms with Gasteiger partial charge < -0.3 is 5.32 Å². The molecule has 1 atom stereocenters. The van der Waals surface area contributed by atoms with E-state index in [1.54, 1.807) is 0 Å². The van der Waals surface area contributed by atoms with Crippen LogP contribution in [0.2, 0.25) is 0 Å². The fourth-order valence-electron chi connectivity index (χ4n) is 1.94. The zero-order valence-electron chi connectivity index (χ0n) is 11.0. The third-order valence-corrected chi connectivity index (χ3v) is 4.90. The number of nitrogens with one attached hydrogen (secondary N) is 2. The van der Waals surface area contributed by atoms with Crippen LogP contribution in [-0.4, -0.2) is 27.4 Å². The quantitative estimate of drug-likeness (QED) is 0.850. The Bertz CT molecular complexity index is 562. The van der Waals surface area contributed by atoms with Crippen molar-refractivity contribution in [3.05, 3.63) is 29.8 Å². The molecule has 0 aromatic heterocycles. The lowest BCUT2D eigenvalue weighted by Gasteiger charge is -2.13. The van der Waals surface area contributed by atoms with Crippen LogP contribution in [0, 0.1) is 5.92 Å². The fourth-order valence-corrected chi connectivity index (χ4v) is 3.25. The average molecular weight is 282 g/mol. The molecule has 1 saturated carbocycles. The number of hydrogen-bond acceptors (Lipinski definition) is 3. The molecule has 0 radical (unpaired) electrons. The van der Waals surface area contributed by atoms with Crippen LogP contribution < -0.4 is 10.0 Å². The smallest absolute Gasteiger partial charge is 0.251 e. The summed E-state index contributed by atoms with van der Waals surface area (Å²) in [7, 11) is -1.96. The van der Waals surface area contributed by atoms with E-state index in [2.05, 4.69) is 10.0 Å². The van der Waals surface area contributed by atoms with Gasteiger partial charge in [0.15, 0.2) is 0 Å². The molecular formula is C13H18N2O3S. The highest BCUT2D eigenvalue weighted by atomic mass is 32.2. The lowest BCUT2D eigenvalue weighted by Crippen LogP contribution is -2.34. The van der Waals surface area contributed by atoms with Gasteiger partial charge >= 0.3 is 0 Å². The van der Waals surface area contributed by atoms with E-state index in [9.17, 15) is 13.2 Å². The van der Waals surface area contributed by atoms with Gasteiger partial charge in [-0.25, -0.2) is 13.1 Å². The molecule has 104 valence electrons. The third kappa shape index (κ3) is 3.33. The van der Waals surface area contributed by atoms with Crippen molar-refractivity contribution in [1.82, 2.24) is 10.0 Å². The van der Waals surface area contributed by atoms with E-state index >= 15 is 0 Å². The summed E-state index contributed by atoms with van der Waals surface area (Å²) in [5, 5.41) is 2.49. The molecule has 6 heteroatoms. The van der Waals surface area contributed by atoms with E-state index in [-0.39, 0.29) is 16.8 Å². The standard InChI is InChI=1S/C13H18N2O3S/c1-9(10-3-4-10)15-19(17,18)12-7-5-11(6-8-12)13(16)14-2/h5-10,15H,3-4H2,1-2H3,(H,14,16)/t9-/m0/s1. The number of benzene rings is 1. The van der Waals surface area contributed by atoms with Gasteiger partial charge in [0.1, 0.15) is 0 Å². The number of carbonyl (C=O) groups is 1. The summed E-state index contributed by atoms with van der Waals surface area (Å²) < 4.78 is 26.9. The lowest BCUT2D eigenvalue weighted by atomic mass is 10.2. The summed E-state index contributed by atoms with van der Waals surface area (Å²) in [4.78, 5) is 11.6. The first kappa shape index (κ1) is 14.0. The van der Waals surface area contributed by atoms with Crippen molar-refractivity contribution >= 4 is 15.9 Å². The Morgan fingerprint density at radius 1 is 1.26 bits per heavy atom. The highest BCUT2D eigenvalue weighted by Gasteiger charge is 2.31. The molecule has 0 heterocycles. The van der Waals surface area contributed by atoms with Crippen molar-refractivity contribution in [1.29, 1.82) is 0 Å². The van der Waals surface area contributed by atoms with Crippen LogP contribution in [0.5, 0.6) is 0 Å². The minimum Gasteiger partial charge on any atom is -0.355 e. The van der Waals surface area contributed by atoms with Crippen molar-refractivity contribution in [2.45, 2.75) is 30.7 Å². The van der Waals surface area contributed by atoms with Crippen LogP contribution in [0.25, 0.3) is 0 Å². The van der Waals surface area contributed by atoms with Crippen LogP contribution in [0.4, 0.5) is 0 Å². The Hall–Kier alpha value is -1.40. The molecule has 2 N–H and O–H groups in total. The Balaban J connectivity index is 2.13. The van der Waals surface area contributed by atoms with Crippen LogP contribution >= 0.6 is 0 Å². The monoisotopic (exact) mass is 282 g/mol. The number of carbonyl (C=O) groups excluding carboxylic acids is 1. The normalized spacial score (nSPS) is 16.9. The first-order chi connectivity index (χ1) is 8.94. The summed E-state index contributed by atoms with van der Waals surface area (Å²) >= 11 is 0. The molecule has 0 bridgehead atoms. The van der Waals surface area contributed by atoms with Crippen LogP contribution in [0.3, 0.4) is 0 Å². The second-order valence-corrected chi connectivity index (χ2v) is 6.56. The third-order valence-electron chi connectivity index (χ3n) is 3.32.